The summed E-state index contributed by atoms with van der Waals surface area (Å²) < 4.78 is 86.5. The van der Waals surface area contributed by atoms with Crippen LogP contribution in [0.4, 0.5) is 0 Å². The van der Waals surface area contributed by atoms with E-state index in [0.29, 0.717) is 0 Å². The zero-order valence-corrected chi connectivity index (χ0v) is 34.3. The second-order valence-corrected chi connectivity index (χ2v) is 16.5. The molecule has 0 amide bonds. The van der Waals surface area contributed by atoms with Gasteiger partial charge in [-0.25, -0.2) is 0 Å². The maximum atomic E-state index is 12.4. The molecule has 5 aromatic carbocycles. The molecule has 1 unspecified atom stereocenters. The van der Waals surface area contributed by atoms with E-state index in [1.54, 1.807) is 0 Å². The molecule has 2 saturated heterocycles. The fraction of sp³-hybridized carbons (Fsp3) is 0.362. The van der Waals surface area contributed by atoms with Gasteiger partial charge in [-0.05, 0) is 27.8 Å². The highest BCUT2D eigenvalue weighted by atomic mass is 32.2. The lowest BCUT2D eigenvalue weighted by molar-refractivity contribution is -0.368. The molecule has 2 fully saturated rings. The average Bonchev–Trinajstić information content (AvgIpc) is 3.27. The minimum atomic E-state index is -4.68. The number of rotatable bonds is 20. The Morgan fingerprint density at radius 1 is 0.459 bits per heavy atom. The first-order valence-electron chi connectivity index (χ1n) is 20.2. The fourth-order valence-corrected chi connectivity index (χ4v) is 8.05. The van der Waals surface area contributed by atoms with Crippen LogP contribution in [0.1, 0.15) is 27.8 Å². The molecule has 2 aliphatic rings. The van der Waals surface area contributed by atoms with Gasteiger partial charge in [0.25, 0.3) is 10.1 Å². The third-order valence-corrected chi connectivity index (χ3v) is 11.2. The third kappa shape index (κ3) is 13.1. The van der Waals surface area contributed by atoms with Crippen molar-refractivity contribution in [1.82, 2.24) is 0 Å². The molecule has 61 heavy (non-hydrogen) atoms. The van der Waals surface area contributed by atoms with Crippen LogP contribution in [-0.4, -0.2) is 97.0 Å². The molecule has 7 rings (SSSR count). The van der Waals surface area contributed by atoms with E-state index >= 15 is 0 Å². The van der Waals surface area contributed by atoms with Crippen LogP contribution < -0.4 is 0 Å². The number of aliphatic hydroxyl groups excluding tert-OH is 2. The van der Waals surface area contributed by atoms with Crippen molar-refractivity contribution < 1.29 is 61.1 Å². The van der Waals surface area contributed by atoms with E-state index < -0.39 is 77.3 Å². The molecule has 2 heterocycles. The quantitative estimate of drug-likeness (QED) is 0.0826. The van der Waals surface area contributed by atoms with Gasteiger partial charge in [-0.2, -0.15) is 8.42 Å². The van der Waals surface area contributed by atoms with Crippen LogP contribution >= 0.6 is 0 Å². The summed E-state index contributed by atoms with van der Waals surface area (Å²) in [6.07, 6.45) is -12.8. The number of ether oxygens (including phenoxy) is 8. The Bertz CT molecular complexity index is 2120. The molecule has 324 valence electrons. The summed E-state index contributed by atoms with van der Waals surface area (Å²) in [6.45, 7) is 0.378. The molecule has 0 aromatic heterocycles. The number of aliphatic hydroxyl groups is 2. The van der Waals surface area contributed by atoms with Gasteiger partial charge in [0, 0.05) is 0 Å². The second-order valence-electron chi connectivity index (χ2n) is 15.0. The second kappa shape index (κ2) is 22.1. The Kier molecular flexibility index (Phi) is 16.2. The predicted octanol–water partition coefficient (Wildman–Crippen LogP) is 5.62. The highest BCUT2D eigenvalue weighted by Crippen LogP contribution is 2.35. The number of hydrogen-bond donors (Lipinski definition) is 3. The van der Waals surface area contributed by atoms with Crippen LogP contribution in [0.5, 0.6) is 0 Å². The summed E-state index contributed by atoms with van der Waals surface area (Å²) in [7, 11) is -4.68. The van der Waals surface area contributed by atoms with Crippen molar-refractivity contribution >= 4 is 10.1 Å². The molecule has 10 atom stereocenters. The molecule has 3 N–H and O–H groups in total. The Balaban J connectivity index is 1.25. The van der Waals surface area contributed by atoms with Gasteiger partial charge >= 0.3 is 0 Å². The van der Waals surface area contributed by atoms with Crippen molar-refractivity contribution in [3.63, 3.8) is 0 Å². The van der Waals surface area contributed by atoms with E-state index in [0.717, 1.165) is 27.8 Å². The molecule has 14 heteroatoms. The minimum absolute atomic E-state index is 0.0198. The Labute approximate surface area is 356 Å². The van der Waals surface area contributed by atoms with Crippen LogP contribution in [0.3, 0.4) is 0 Å². The molecule has 2 aliphatic heterocycles. The van der Waals surface area contributed by atoms with Crippen LogP contribution in [-0.2, 0) is 81.0 Å². The van der Waals surface area contributed by atoms with Crippen LogP contribution in [0, 0.1) is 0 Å². The first-order valence-corrected chi connectivity index (χ1v) is 21.8. The van der Waals surface area contributed by atoms with Gasteiger partial charge in [-0.15, -0.1) is 0 Å². The van der Waals surface area contributed by atoms with E-state index in [1.165, 1.54) is 0 Å². The van der Waals surface area contributed by atoms with Crippen LogP contribution in [0.15, 0.2) is 152 Å². The molecule has 0 saturated carbocycles. The normalized spacial score (nSPS) is 26.8. The van der Waals surface area contributed by atoms with Gasteiger partial charge in [-0.3, -0.25) is 4.55 Å². The summed E-state index contributed by atoms with van der Waals surface area (Å²) in [5, 5.41) is 23.4. The summed E-state index contributed by atoms with van der Waals surface area (Å²) in [4.78, 5) is 0. The number of hydrogen-bond acceptors (Lipinski definition) is 12. The first kappa shape index (κ1) is 44.7. The Morgan fingerprint density at radius 2 is 0.852 bits per heavy atom. The lowest BCUT2D eigenvalue weighted by Crippen LogP contribution is -2.66. The molecular weight excluding hydrogens is 805 g/mol. The molecule has 0 bridgehead atoms. The smallest absolute Gasteiger partial charge is 0.267 e. The summed E-state index contributed by atoms with van der Waals surface area (Å²) in [5.74, 6) is -0.967. The Hall–Kier alpha value is -4.39. The van der Waals surface area contributed by atoms with Crippen molar-refractivity contribution in [2.45, 2.75) is 94.4 Å². The van der Waals surface area contributed by atoms with Gasteiger partial charge < -0.3 is 48.1 Å². The third-order valence-electron chi connectivity index (χ3n) is 10.4. The van der Waals surface area contributed by atoms with Crippen molar-refractivity contribution in [3.8, 4) is 0 Å². The predicted molar refractivity (Wildman–Crippen MR) is 223 cm³/mol. The largest absolute Gasteiger partial charge is 0.388 e. The van der Waals surface area contributed by atoms with Crippen LogP contribution in [0.25, 0.3) is 0 Å². The van der Waals surface area contributed by atoms with Crippen molar-refractivity contribution in [3.05, 3.63) is 179 Å². The van der Waals surface area contributed by atoms with Gasteiger partial charge in [0.05, 0.1) is 39.6 Å². The first-order chi connectivity index (χ1) is 29.7. The summed E-state index contributed by atoms with van der Waals surface area (Å²) in [5.41, 5.74) is 4.16. The molecule has 0 aliphatic carbocycles. The van der Waals surface area contributed by atoms with Crippen molar-refractivity contribution in [2.75, 3.05) is 12.4 Å². The van der Waals surface area contributed by atoms with Crippen molar-refractivity contribution in [1.29, 1.82) is 0 Å². The maximum Gasteiger partial charge on any atom is 0.267 e. The summed E-state index contributed by atoms with van der Waals surface area (Å²) >= 11 is 0. The minimum Gasteiger partial charge on any atom is -0.388 e. The van der Waals surface area contributed by atoms with Gasteiger partial charge in [0.2, 0.25) is 0 Å². The lowest BCUT2D eigenvalue weighted by atomic mass is 9.96. The van der Waals surface area contributed by atoms with Crippen LogP contribution in [0.2, 0.25) is 0 Å². The van der Waals surface area contributed by atoms with E-state index in [1.807, 2.05) is 152 Å². The van der Waals surface area contributed by atoms with E-state index in [4.69, 9.17) is 37.9 Å². The van der Waals surface area contributed by atoms with Crippen molar-refractivity contribution in [2.24, 2.45) is 0 Å². The molecule has 0 spiro atoms. The molecule has 5 aromatic rings. The highest BCUT2D eigenvalue weighted by Gasteiger charge is 2.54. The number of benzene rings is 5. The van der Waals surface area contributed by atoms with E-state index in [-0.39, 0.29) is 39.6 Å². The fourth-order valence-electron chi connectivity index (χ4n) is 7.36. The molecule has 13 nitrogen and oxygen atoms in total. The van der Waals surface area contributed by atoms with Gasteiger partial charge in [-0.1, -0.05) is 152 Å². The standard InChI is InChI=1S/C47H52O13S/c48-40-39(32-61(50,51)52)59-47(45(57-30-37-24-14-5-15-25-37)42(40)54-27-34-18-8-2-9-19-34)60-41-38(31-53-26-33-16-6-1-7-17-33)58-46(49)44(56-29-36-22-12-4-13-23-36)43(41)55-28-35-20-10-3-11-21-35/h1-25,38-49H,26-32H2,(H,50,51,52)/t38-,39-,40-,41-,42+,43+,44-,45-,46?,47+/m1/s1. The molecule has 0 radical (unpaired) electrons. The highest BCUT2D eigenvalue weighted by molar-refractivity contribution is 7.85. The zero-order chi connectivity index (χ0) is 42.4. The monoisotopic (exact) mass is 856 g/mol. The topological polar surface area (TPSA) is 169 Å². The molecular formula is C47H52O13S. The van der Waals surface area contributed by atoms with E-state index in [9.17, 15) is 23.2 Å². The van der Waals surface area contributed by atoms with Gasteiger partial charge in [0.1, 0.15) is 54.6 Å². The zero-order valence-electron chi connectivity index (χ0n) is 33.5. The van der Waals surface area contributed by atoms with Gasteiger partial charge in [0.15, 0.2) is 12.6 Å². The summed E-state index contributed by atoms with van der Waals surface area (Å²) in [6, 6.07) is 47.0. The maximum absolute atomic E-state index is 12.4. The SMILES string of the molecule is O=S(=O)(O)C[C@H]1O[C@@H](O[C@H]2[C@H](OCc3ccccc3)[C@@H](OCc3ccccc3)C(O)O[C@@H]2COCc2ccccc2)[C@H](OCc2ccccc2)[C@@H](OCc2ccccc2)[C@@H]1O. The average molecular weight is 857 g/mol. The Morgan fingerprint density at radius 3 is 1.30 bits per heavy atom. The van der Waals surface area contributed by atoms with E-state index in [2.05, 4.69) is 0 Å². The lowest BCUT2D eigenvalue weighted by Gasteiger charge is -2.49.